The van der Waals surface area contributed by atoms with Crippen LogP contribution in [0.4, 0.5) is 0 Å². The molecule has 1 aromatic carbocycles. The van der Waals surface area contributed by atoms with E-state index in [1.807, 2.05) is 23.1 Å². The molecule has 2 N–H and O–H groups in total. The molecular formula is C30H44N4O4. The summed E-state index contributed by atoms with van der Waals surface area (Å²) < 4.78 is 11.0. The van der Waals surface area contributed by atoms with Gasteiger partial charge in [-0.3, -0.25) is 9.59 Å². The summed E-state index contributed by atoms with van der Waals surface area (Å²) in [6, 6.07) is 5.50. The van der Waals surface area contributed by atoms with E-state index in [4.69, 9.17) is 20.3 Å². The second-order valence-electron chi connectivity index (χ2n) is 11.6. The van der Waals surface area contributed by atoms with Gasteiger partial charge >= 0.3 is 0 Å². The van der Waals surface area contributed by atoms with E-state index < -0.39 is 6.04 Å². The van der Waals surface area contributed by atoms with Crippen LogP contribution in [0.2, 0.25) is 0 Å². The highest BCUT2D eigenvalue weighted by atomic mass is 16.5. The molecule has 8 heteroatoms. The molecule has 0 bridgehead atoms. The number of hydrogen-bond donors (Lipinski definition) is 1. The topological polar surface area (TPSA) is 97.5 Å². The molecule has 8 nitrogen and oxygen atoms in total. The van der Waals surface area contributed by atoms with E-state index in [1.54, 1.807) is 19.2 Å². The van der Waals surface area contributed by atoms with Crippen LogP contribution in [0.25, 0.3) is 0 Å². The predicted molar refractivity (Wildman–Crippen MR) is 147 cm³/mol. The van der Waals surface area contributed by atoms with Gasteiger partial charge in [-0.25, -0.2) is 5.01 Å². The molecule has 0 unspecified atom stereocenters. The van der Waals surface area contributed by atoms with Crippen molar-refractivity contribution in [2.45, 2.75) is 89.1 Å². The Morgan fingerprint density at radius 3 is 2.29 bits per heavy atom. The summed E-state index contributed by atoms with van der Waals surface area (Å²) >= 11 is 0. The number of hydrogen-bond acceptors (Lipinski definition) is 6. The van der Waals surface area contributed by atoms with Crippen molar-refractivity contribution in [2.24, 2.45) is 28.6 Å². The molecule has 1 aromatic rings. The lowest BCUT2D eigenvalue weighted by atomic mass is 9.73. The van der Waals surface area contributed by atoms with Crippen LogP contribution in [0.15, 0.2) is 23.3 Å². The van der Waals surface area contributed by atoms with Crippen molar-refractivity contribution >= 4 is 17.5 Å². The van der Waals surface area contributed by atoms with Crippen molar-refractivity contribution in [1.82, 2.24) is 9.91 Å². The number of rotatable bonds is 7. The Kier molecular flexibility index (Phi) is 8.56. The van der Waals surface area contributed by atoms with Crippen molar-refractivity contribution in [3.63, 3.8) is 0 Å². The van der Waals surface area contributed by atoms with Gasteiger partial charge < -0.3 is 20.1 Å². The number of likely N-dealkylation sites (tertiary alicyclic amines) is 1. The number of hydrazone groups is 1. The van der Waals surface area contributed by atoms with Crippen LogP contribution in [0.1, 0.15) is 82.6 Å². The molecule has 2 amide bonds. The Balaban J connectivity index is 1.30. The van der Waals surface area contributed by atoms with E-state index >= 15 is 0 Å². The zero-order valence-electron chi connectivity index (χ0n) is 23.1. The van der Waals surface area contributed by atoms with E-state index in [0.29, 0.717) is 30.5 Å². The monoisotopic (exact) mass is 524 g/mol. The number of benzene rings is 1. The zero-order valence-corrected chi connectivity index (χ0v) is 23.1. The van der Waals surface area contributed by atoms with Gasteiger partial charge in [0.15, 0.2) is 11.5 Å². The maximum absolute atomic E-state index is 13.7. The van der Waals surface area contributed by atoms with Crippen molar-refractivity contribution < 1.29 is 19.1 Å². The van der Waals surface area contributed by atoms with Crippen molar-refractivity contribution in [1.29, 1.82) is 0 Å². The fourth-order valence-electron chi connectivity index (χ4n) is 7.14. The third-order valence-electron chi connectivity index (χ3n) is 9.31. The largest absolute Gasteiger partial charge is 0.493 e. The molecule has 5 rings (SSSR count). The van der Waals surface area contributed by atoms with Gasteiger partial charge in [0.05, 0.1) is 32.0 Å². The third-order valence-corrected chi connectivity index (χ3v) is 9.31. The average Bonchev–Trinajstić information content (AvgIpc) is 2.97. The number of carbonyl (C=O) groups is 2. The SMILES string of the molecule is COc1ccc(C2=NN(C3CCN(C(=O)[C@@H](N)CC4CCCCC4)CC3)C(=O)[C@@H]3CCCC[C@H]23)cc1OC. The minimum Gasteiger partial charge on any atom is -0.493 e. The maximum Gasteiger partial charge on any atom is 0.246 e. The Bertz CT molecular complexity index is 1030. The number of amides is 2. The van der Waals surface area contributed by atoms with E-state index in [9.17, 15) is 9.59 Å². The first-order valence-electron chi connectivity index (χ1n) is 14.7. The summed E-state index contributed by atoms with van der Waals surface area (Å²) in [5.41, 5.74) is 8.34. The summed E-state index contributed by atoms with van der Waals surface area (Å²) in [5, 5.41) is 6.80. The van der Waals surface area contributed by atoms with Gasteiger partial charge in [-0.15, -0.1) is 0 Å². The number of nitrogens with zero attached hydrogens (tertiary/aromatic N) is 3. The smallest absolute Gasteiger partial charge is 0.246 e. The van der Waals surface area contributed by atoms with Gasteiger partial charge in [-0.1, -0.05) is 44.9 Å². The quantitative estimate of drug-likeness (QED) is 0.572. The highest BCUT2D eigenvalue weighted by Gasteiger charge is 2.44. The van der Waals surface area contributed by atoms with Crippen LogP contribution in [0, 0.1) is 17.8 Å². The second-order valence-corrected chi connectivity index (χ2v) is 11.6. The van der Waals surface area contributed by atoms with Gasteiger partial charge in [0.25, 0.3) is 0 Å². The van der Waals surface area contributed by atoms with Crippen LogP contribution >= 0.6 is 0 Å². The number of carbonyl (C=O) groups excluding carboxylic acids is 2. The molecule has 4 aliphatic rings. The van der Waals surface area contributed by atoms with Gasteiger partial charge in [-0.05, 0) is 56.2 Å². The summed E-state index contributed by atoms with van der Waals surface area (Å²) in [6.45, 7) is 1.25. The lowest BCUT2D eigenvalue weighted by molar-refractivity contribution is -0.143. The first-order chi connectivity index (χ1) is 18.5. The third kappa shape index (κ3) is 5.56. The molecule has 1 saturated heterocycles. The Labute approximate surface area is 226 Å². The molecule has 3 fully saturated rings. The van der Waals surface area contributed by atoms with Crippen LogP contribution in [-0.2, 0) is 9.59 Å². The van der Waals surface area contributed by atoms with E-state index in [-0.39, 0.29) is 29.7 Å². The minimum absolute atomic E-state index is 0.000797. The first kappa shape index (κ1) is 27.0. The summed E-state index contributed by atoms with van der Waals surface area (Å²) in [6.07, 6.45) is 12.5. The lowest BCUT2D eigenvalue weighted by Gasteiger charge is -2.43. The molecule has 2 heterocycles. The van der Waals surface area contributed by atoms with E-state index in [2.05, 4.69) is 0 Å². The number of piperidine rings is 1. The number of methoxy groups -OCH3 is 2. The summed E-state index contributed by atoms with van der Waals surface area (Å²) in [4.78, 5) is 28.7. The Morgan fingerprint density at radius 1 is 0.947 bits per heavy atom. The molecule has 38 heavy (non-hydrogen) atoms. The van der Waals surface area contributed by atoms with Crippen molar-refractivity contribution in [3.05, 3.63) is 23.8 Å². The Morgan fingerprint density at radius 2 is 1.61 bits per heavy atom. The van der Waals surface area contributed by atoms with Crippen LogP contribution < -0.4 is 15.2 Å². The molecule has 0 spiro atoms. The van der Waals surface area contributed by atoms with Crippen molar-refractivity contribution in [3.8, 4) is 11.5 Å². The van der Waals surface area contributed by atoms with Crippen molar-refractivity contribution in [2.75, 3.05) is 27.3 Å². The summed E-state index contributed by atoms with van der Waals surface area (Å²) in [5.74, 6) is 2.25. The molecule has 3 atom stereocenters. The second kappa shape index (κ2) is 12.1. The van der Waals surface area contributed by atoms with Gasteiger partial charge in [-0.2, -0.15) is 5.10 Å². The highest BCUT2D eigenvalue weighted by Crippen LogP contribution is 2.40. The van der Waals surface area contributed by atoms with E-state index in [1.165, 1.54) is 32.1 Å². The van der Waals surface area contributed by atoms with Gasteiger partial charge in [0, 0.05) is 30.5 Å². The van der Waals surface area contributed by atoms with Gasteiger partial charge in [0.2, 0.25) is 11.8 Å². The molecule has 208 valence electrons. The standard InChI is InChI=1S/C30H44N4O4/c1-37-26-13-12-21(19-27(26)38-2)28-23-10-6-7-11-24(23)29(35)34(32-28)22-14-16-33(17-15-22)30(36)25(31)18-20-8-4-3-5-9-20/h12-13,19-20,22-25H,3-11,14-18,31H2,1-2H3/t23-,24+,25-/m0/s1. The van der Waals surface area contributed by atoms with Crippen LogP contribution in [-0.4, -0.2) is 66.8 Å². The number of nitrogens with two attached hydrogens (primary N) is 1. The molecular weight excluding hydrogens is 480 g/mol. The fraction of sp³-hybridized carbons (Fsp3) is 0.700. The zero-order chi connectivity index (χ0) is 26.6. The maximum atomic E-state index is 13.7. The first-order valence-corrected chi connectivity index (χ1v) is 14.7. The molecule has 0 aromatic heterocycles. The average molecular weight is 525 g/mol. The fourth-order valence-corrected chi connectivity index (χ4v) is 7.14. The molecule has 0 radical (unpaired) electrons. The lowest BCUT2D eigenvalue weighted by Crippen LogP contribution is -2.54. The Hall–Kier alpha value is -2.61. The van der Waals surface area contributed by atoms with Crippen LogP contribution in [0.5, 0.6) is 11.5 Å². The minimum atomic E-state index is -0.413. The molecule has 2 aliphatic carbocycles. The van der Waals surface area contributed by atoms with E-state index in [0.717, 1.165) is 56.2 Å². The van der Waals surface area contributed by atoms with Gasteiger partial charge in [0.1, 0.15) is 0 Å². The van der Waals surface area contributed by atoms with Crippen LogP contribution in [0.3, 0.4) is 0 Å². The predicted octanol–water partition coefficient (Wildman–Crippen LogP) is 4.35. The number of fused-ring (bicyclic) bond motifs is 1. The number of ether oxygens (including phenoxy) is 2. The molecule has 2 aliphatic heterocycles. The normalized spacial score (nSPS) is 26.0. The highest BCUT2D eigenvalue weighted by molar-refractivity contribution is 6.07. The molecule has 2 saturated carbocycles. The summed E-state index contributed by atoms with van der Waals surface area (Å²) in [7, 11) is 3.27.